The molecule has 1 amide bonds. The highest BCUT2D eigenvalue weighted by Crippen LogP contribution is 2.30. The fourth-order valence-electron chi connectivity index (χ4n) is 3.25. The van der Waals surface area contributed by atoms with Crippen molar-refractivity contribution in [1.29, 1.82) is 0 Å². The van der Waals surface area contributed by atoms with E-state index >= 15 is 0 Å². The van der Waals surface area contributed by atoms with E-state index in [4.69, 9.17) is 4.79 Å². The summed E-state index contributed by atoms with van der Waals surface area (Å²) < 4.78 is 77.5. The standard InChI is InChI=1S/C14H17F3N2O2.C8H7F3.C3H8O.CH2O/c15-14(16,17)11-5-4-10(8-18-11)12(20)19-9-13(21)6-2-1-3-7-13;1-6-3-2-4-7(5-6)8(9,10)11;1-3-4-2;1-2/h4-5,8,21H,1-3,6-7,9H2,(H,19,20);2-5H,1H3;3H2,1-2H3;1H2. The van der Waals surface area contributed by atoms with E-state index in [-0.39, 0.29) is 12.1 Å². The molecule has 1 aromatic heterocycles. The number of pyridine rings is 1. The smallest absolute Gasteiger partial charge is 0.388 e. The zero-order chi connectivity index (χ0) is 29.4. The molecule has 1 saturated carbocycles. The van der Waals surface area contributed by atoms with E-state index in [1.54, 1.807) is 20.1 Å². The summed E-state index contributed by atoms with van der Waals surface area (Å²) in [5, 5.41) is 12.8. The average molecular weight is 553 g/mol. The van der Waals surface area contributed by atoms with Gasteiger partial charge in [0.15, 0.2) is 0 Å². The molecule has 38 heavy (non-hydrogen) atoms. The Kier molecular flexibility index (Phi) is 15.4. The second-order valence-electron chi connectivity index (χ2n) is 8.34. The van der Waals surface area contributed by atoms with Gasteiger partial charge in [-0.05, 0) is 44.9 Å². The van der Waals surface area contributed by atoms with Crippen molar-refractivity contribution in [3.63, 3.8) is 0 Å². The lowest BCUT2D eigenvalue weighted by molar-refractivity contribution is -0.141. The third kappa shape index (κ3) is 13.5. The Morgan fingerprint density at radius 3 is 2.03 bits per heavy atom. The molecule has 1 aromatic carbocycles. The SMILES string of the molecule is C=O.CCOC.Cc1cccc(C(F)(F)F)c1.O=C(NCC1(O)CCCCC1)c1ccc(C(F)(F)F)nc1. The summed E-state index contributed by atoms with van der Waals surface area (Å²) in [5.41, 5.74) is -1.86. The van der Waals surface area contributed by atoms with Crippen LogP contribution in [-0.2, 0) is 21.9 Å². The molecule has 0 aliphatic heterocycles. The Balaban J connectivity index is 0.000000672. The number of benzene rings is 1. The molecule has 2 N–H and O–H groups in total. The molecule has 6 nitrogen and oxygen atoms in total. The minimum Gasteiger partial charge on any atom is -0.388 e. The van der Waals surface area contributed by atoms with E-state index in [2.05, 4.69) is 15.0 Å². The third-order valence-electron chi connectivity index (χ3n) is 5.31. The van der Waals surface area contributed by atoms with Crippen LogP contribution >= 0.6 is 0 Å². The van der Waals surface area contributed by atoms with Gasteiger partial charge in [0.2, 0.25) is 0 Å². The number of carbonyl (C=O) groups excluding carboxylic acids is 2. The minimum atomic E-state index is -4.52. The van der Waals surface area contributed by atoms with Crippen molar-refractivity contribution >= 4 is 12.7 Å². The number of hydrogen-bond donors (Lipinski definition) is 2. The maximum absolute atomic E-state index is 12.4. The van der Waals surface area contributed by atoms with E-state index < -0.39 is 35.1 Å². The molecule has 12 heteroatoms. The van der Waals surface area contributed by atoms with Gasteiger partial charge in [0, 0.05) is 26.5 Å². The Hall–Kier alpha value is -2.99. The topological polar surface area (TPSA) is 88.5 Å². The molecular weight excluding hydrogens is 518 g/mol. The second kappa shape index (κ2) is 16.8. The van der Waals surface area contributed by atoms with Crippen molar-refractivity contribution in [1.82, 2.24) is 10.3 Å². The lowest BCUT2D eigenvalue weighted by Crippen LogP contribution is -2.44. The molecule has 1 aliphatic carbocycles. The maximum Gasteiger partial charge on any atom is 0.433 e. The van der Waals surface area contributed by atoms with Gasteiger partial charge in [-0.2, -0.15) is 26.3 Å². The number of carbonyl (C=O) groups is 2. The van der Waals surface area contributed by atoms with Crippen LogP contribution in [0.15, 0.2) is 42.6 Å². The highest BCUT2D eigenvalue weighted by Gasteiger charge is 2.33. The number of amides is 1. The van der Waals surface area contributed by atoms with Crippen molar-refractivity contribution in [2.24, 2.45) is 0 Å². The van der Waals surface area contributed by atoms with Crippen molar-refractivity contribution < 1.29 is 45.8 Å². The number of alkyl halides is 6. The largest absolute Gasteiger partial charge is 0.433 e. The molecule has 0 spiro atoms. The lowest BCUT2D eigenvalue weighted by atomic mass is 9.85. The van der Waals surface area contributed by atoms with Crippen molar-refractivity contribution in [2.45, 2.75) is 63.9 Å². The average Bonchev–Trinajstić information content (AvgIpc) is 2.88. The van der Waals surface area contributed by atoms with Gasteiger partial charge < -0.3 is 20.0 Å². The van der Waals surface area contributed by atoms with Crippen LogP contribution < -0.4 is 5.32 Å². The van der Waals surface area contributed by atoms with Gasteiger partial charge in [0.1, 0.15) is 12.5 Å². The van der Waals surface area contributed by atoms with Crippen molar-refractivity contribution in [3.05, 3.63) is 65.0 Å². The number of methoxy groups -OCH3 is 1. The second-order valence-corrected chi connectivity index (χ2v) is 8.34. The highest BCUT2D eigenvalue weighted by atomic mass is 19.4. The van der Waals surface area contributed by atoms with Crippen LogP contribution in [-0.4, -0.2) is 48.6 Å². The zero-order valence-corrected chi connectivity index (χ0v) is 21.6. The molecule has 1 fully saturated rings. The monoisotopic (exact) mass is 552 g/mol. The van der Waals surface area contributed by atoms with Crippen LogP contribution in [0.3, 0.4) is 0 Å². The van der Waals surface area contributed by atoms with Gasteiger partial charge in [-0.15, -0.1) is 0 Å². The van der Waals surface area contributed by atoms with E-state index in [0.717, 1.165) is 56.3 Å². The molecule has 0 bridgehead atoms. The lowest BCUT2D eigenvalue weighted by Gasteiger charge is -2.32. The molecule has 1 aliphatic rings. The van der Waals surface area contributed by atoms with E-state index in [9.17, 15) is 36.2 Å². The number of nitrogens with one attached hydrogen (secondary N) is 1. The minimum absolute atomic E-state index is 0.0439. The normalized spacial score (nSPS) is 14.4. The highest BCUT2D eigenvalue weighted by molar-refractivity contribution is 5.93. The summed E-state index contributed by atoms with van der Waals surface area (Å²) in [6.45, 7) is 6.52. The Morgan fingerprint density at radius 2 is 1.63 bits per heavy atom. The molecule has 214 valence electrons. The third-order valence-corrected chi connectivity index (χ3v) is 5.31. The molecule has 3 rings (SSSR count). The van der Waals surface area contributed by atoms with Crippen LogP contribution in [0.4, 0.5) is 26.3 Å². The van der Waals surface area contributed by atoms with Gasteiger partial charge in [-0.1, -0.05) is 43.0 Å². The van der Waals surface area contributed by atoms with E-state index in [1.807, 2.05) is 13.7 Å². The molecular formula is C26H34F6N2O4. The Bertz CT molecular complexity index is 942. The first kappa shape index (κ1) is 35.0. The number of aromatic nitrogens is 1. The maximum atomic E-state index is 12.4. The van der Waals surface area contributed by atoms with Crippen molar-refractivity contribution in [2.75, 3.05) is 20.3 Å². The van der Waals surface area contributed by atoms with Crippen LogP contribution in [0, 0.1) is 6.92 Å². The van der Waals surface area contributed by atoms with Gasteiger partial charge in [0.05, 0.1) is 16.7 Å². The van der Waals surface area contributed by atoms with Crippen LogP contribution in [0.5, 0.6) is 0 Å². The first-order valence-corrected chi connectivity index (χ1v) is 11.7. The summed E-state index contributed by atoms with van der Waals surface area (Å²) in [6, 6.07) is 7.07. The summed E-state index contributed by atoms with van der Waals surface area (Å²) in [4.78, 5) is 23.1. The van der Waals surface area contributed by atoms with Gasteiger partial charge in [-0.3, -0.25) is 9.78 Å². The quantitative estimate of drug-likeness (QED) is 0.454. The summed E-state index contributed by atoms with van der Waals surface area (Å²) in [5.74, 6) is -0.532. The first-order valence-electron chi connectivity index (χ1n) is 11.7. The number of aryl methyl sites for hydroxylation is 1. The van der Waals surface area contributed by atoms with Crippen LogP contribution in [0.2, 0.25) is 0 Å². The van der Waals surface area contributed by atoms with Crippen molar-refractivity contribution in [3.8, 4) is 0 Å². The number of hydrogen-bond acceptors (Lipinski definition) is 5. The Labute approximate surface area is 218 Å². The van der Waals surface area contributed by atoms with E-state index in [1.165, 1.54) is 6.07 Å². The number of aliphatic hydroxyl groups is 1. The molecule has 2 aromatic rings. The van der Waals surface area contributed by atoms with E-state index in [0.29, 0.717) is 18.4 Å². The Morgan fingerprint density at radius 1 is 1.05 bits per heavy atom. The molecule has 1 heterocycles. The zero-order valence-electron chi connectivity index (χ0n) is 21.6. The van der Waals surface area contributed by atoms with Gasteiger partial charge in [-0.25, -0.2) is 0 Å². The number of nitrogens with zero attached hydrogens (tertiary/aromatic N) is 1. The summed E-state index contributed by atoms with van der Waals surface area (Å²) in [7, 11) is 1.68. The first-order chi connectivity index (χ1) is 17.7. The predicted octanol–water partition coefficient (Wildman–Crippen LogP) is 6.01. The van der Waals surface area contributed by atoms with Gasteiger partial charge in [0.25, 0.3) is 5.91 Å². The summed E-state index contributed by atoms with van der Waals surface area (Å²) in [6.07, 6.45) is -3.71. The molecule has 0 unspecified atom stereocenters. The predicted molar refractivity (Wildman–Crippen MR) is 130 cm³/mol. The number of halogens is 6. The number of ether oxygens (including phenoxy) is 1. The fourth-order valence-corrected chi connectivity index (χ4v) is 3.25. The summed E-state index contributed by atoms with van der Waals surface area (Å²) >= 11 is 0. The fraction of sp³-hybridized carbons (Fsp3) is 0.500. The molecule has 0 atom stereocenters. The molecule has 0 radical (unpaired) electrons. The van der Waals surface area contributed by atoms with Crippen LogP contribution in [0.1, 0.15) is 66.2 Å². The molecule has 0 saturated heterocycles. The van der Waals surface area contributed by atoms with Crippen LogP contribution in [0.25, 0.3) is 0 Å². The number of rotatable bonds is 4. The van der Waals surface area contributed by atoms with Gasteiger partial charge >= 0.3 is 12.4 Å².